The van der Waals surface area contributed by atoms with Gasteiger partial charge in [0.1, 0.15) is 18.1 Å². The second-order valence-corrected chi connectivity index (χ2v) is 7.37. The van der Waals surface area contributed by atoms with Gasteiger partial charge in [-0.2, -0.15) is 0 Å². The van der Waals surface area contributed by atoms with E-state index in [-0.39, 0.29) is 5.78 Å². The molecular weight excluding hydrogens is 360 g/mol. The van der Waals surface area contributed by atoms with Crippen LogP contribution in [-0.2, 0) is 13.0 Å². The number of aryl methyl sites for hydroxylation is 2. The number of benzene rings is 3. The average Bonchev–Trinajstić information content (AvgIpc) is 3.06. The summed E-state index contributed by atoms with van der Waals surface area (Å²) < 4.78 is 11.9. The Hall–Kier alpha value is -3.33. The summed E-state index contributed by atoms with van der Waals surface area (Å²) in [5.74, 6) is 1.58. The summed E-state index contributed by atoms with van der Waals surface area (Å²) in [5.41, 5.74) is 5.96. The van der Waals surface area contributed by atoms with Crippen LogP contribution < -0.4 is 9.47 Å². The number of carbonyl (C=O) groups excluding carboxylic acids is 1. The molecule has 4 rings (SSSR count). The molecule has 3 heteroatoms. The molecule has 0 aliphatic carbocycles. The standard InChI is InChI=1S/C26H24O3/c1-4-19-9-11-20(12-10-19)15-24-25(27)22-13-14-23(18(3)26(22)29-24)28-16-21-7-5-17(2)6-8-21/h5-15H,4,16H2,1-3H3/b24-15-. The van der Waals surface area contributed by atoms with E-state index in [4.69, 9.17) is 9.47 Å². The van der Waals surface area contributed by atoms with Crippen LogP contribution in [0.1, 0.15) is 45.1 Å². The molecule has 0 atom stereocenters. The summed E-state index contributed by atoms with van der Waals surface area (Å²) in [6, 6.07) is 20.1. The van der Waals surface area contributed by atoms with Crippen LogP contribution >= 0.6 is 0 Å². The Bertz CT molecular complexity index is 1070. The maximum atomic E-state index is 12.8. The van der Waals surface area contributed by atoms with Crippen molar-refractivity contribution in [2.75, 3.05) is 0 Å². The van der Waals surface area contributed by atoms with Crippen molar-refractivity contribution >= 4 is 11.9 Å². The first kappa shape index (κ1) is 19.0. The van der Waals surface area contributed by atoms with Gasteiger partial charge in [0.15, 0.2) is 5.76 Å². The maximum Gasteiger partial charge on any atom is 0.231 e. The summed E-state index contributed by atoms with van der Waals surface area (Å²) in [4.78, 5) is 12.8. The van der Waals surface area contributed by atoms with Crippen LogP contribution in [0.15, 0.2) is 66.4 Å². The Morgan fingerprint density at radius 1 is 0.897 bits per heavy atom. The summed E-state index contributed by atoms with van der Waals surface area (Å²) in [6.07, 6.45) is 2.79. The van der Waals surface area contributed by atoms with Gasteiger partial charge in [-0.15, -0.1) is 0 Å². The second kappa shape index (κ2) is 7.96. The van der Waals surface area contributed by atoms with Gasteiger partial charge in [0.05, 0.1) is 5.56 Å². The summed E-state index contributed by atoms with van der Waals surface area (Å²) in [5, 5.41) is 0. The van der Waals surface area contributed by atoms with Crippen molar-refractivity contribution in [2.24, 2.45) is 0 Å². The lowest BCUT2D eigenvalue weighted by molar-refractivity contribution is 0.101. The number of hydrogen-bond acceptors (Lipinski definition) is 3. The minimum Gasteiger partial charge on any atom is -0.488 e. The molecule has 3 aromatic rings. The van der Waals surface area contributed by atoms with Crippen LogP contribution in [0.3, 0.4) is 0 Å². The fourth-order valence-corrected chi connectivity index (χ4v) is 3.37. The molecule has 0 saturated carbocycles. The number of allylic oxidation sites excluding steroid dienone is 1. The molecule has 0 aromatic heterocycles. The quantitative estimate of drug-likeness (QED) is 0.502. The molecule has 29 heavy (non-hydrogen) atoms. The van der Waals surface area contributed by atoms with Gasteiger partial charge in [0.25, 0.3) is 0 Å². The van der Waals surface area contributed by atoms with Crippen molar-refractivity contribution in [3.05, 3.63) is 99.8 Å². The highest BCUT2D eigenvalue weighted by Crippen LogP contribution is 2.39. The first-order valence-corrected chi connectivity index (χ1v) is 9.90. The van der Waals surface area contributed by atoms with Crippen molar-refractivity contribution in [3.63, 3.8) is 0 Å². The number of fused-ring (bicyclic) bond motifs is 1. The highest BCUT2D eigenvalue weighted by atomic mass is 16.5. The van der Waals surface area contributed by atoms with Crippen LogP contribution in [0, 0.1) is 13.8 Å². The number of carbonyl (C=O) groups is 1. The molecule has 0 amide bonds. The SMILES string of the molecule is CCc1ccc(/C=C2\Oc3c(ccc(OCc4ccc(C)cc4)c3C)C2=O)cc1. The van der Waals surface area contributed by atoms with Crippen LogP contribution in [0.4, 0.5) is 0 Å². The molecule has 0 bridgehead atoms. The fraction of sp³-hybridized carbons (Fsp3) is 0.192. The second-order valence-electron chi connectivity index (χ2n) is 7.37. The lowest BCUT2D eigenvalue weighted by atomic mass is 10.0. The van der Waals surface area contributed by atoms with E-state index in [2.05, 4.69) is 50.2 Å². The third-order valence-corrected chi connectivity index (χ3v) is 5.24. The van der Waals surface area contributed by atoms with Gasteiger partial charge in [0, 0.05) is 5.56 Å². The van der Waals surface area contributed by atoms with Crippen molar-refractivity contribution in [3.8, 4) is 11.5 Å². The van der Waals surface area contributed by atoms with Gasteiger partial charge in [-0.05, 0) is 55.2 Å². The molecule has 0 spiro atoms. The van der Waals surface area contributed by atoms with E-state index in [0.29, 0.717) is 23.7 Å². The highest BCUT2D eigenvalue weighted by Gasteiger charge is 2.30. The van der Waals surface area contributed by atoms with Crippen molar-refractivity contribution < 1.29 is 14.3 Å². The zero-order valence-corrected chi connectivity index (χ0v) is 17.0. The maximum absolute atomic E-state index is 12.8. The van der Waals surface area contributed by atoms with Crippen LogP contribution in [0.25, 0.3) is 6.08 Å². The fourth-order valence-electron chi connectivity index (χ4n) is 3.37. The minimum atomic E-state index is -0.0900. The van der Waals surface area contributed by atoms with Gasteiger partial charge in [-0.1, -0.05) is 61.0 Å². The average molecular weight is 384 g/mol. The van der Waals surface area contributed by atoms with Crippen molar-refractivity contribution in [1.29, 1.82) is 0 Å². The van der Waals surface area contributed by atoms with Gasteiger partial charge in [-0.25, -0.2) is 0 Å². The molecule has 1 heterocycles. The van der Waals surface area contributed by atoms with E-state index in [0.717, 1.165) is 28.9 Å². The first-order valence-electron chi connectivity index (χ1n) is 9.90. The zero-order valence-electron chi connectivity index (χ0n) is 17.0. The molecule has 1 aliphatic heterocycles. The third kappa shape index (κ3) is 3.95. The third-order valence-electron chi connectivity index (χ3n) is 5.24. The van der Waals surface area contributed by atoms with Crippen molar-refractivity contribution in [2.45, 2.75) is 33.8 Å². The predicted octanol–water partition coefficient (Wildman–Crippen LogP) is 6.06. The smallest absolute Gasteiger partial charge is 0.231 e. The van der Waals surface area contributed by atoms with Crippen LogP contribution in [-0.4, -0.2) is 5.78 Å². The van der Waals surface area contributed by atoms with E-state index in [1.54, 1.807) is 12.1 Å². The molecule has 0 fully saturated rings. The Kier molecular flexibility index (Phi) is 5.22. The molecule has 0 unspecified atom stereocenters. The number of ketones is 1. The molecule has 3 nitrogen and oxygen atoms in total. The van der Waals surface area contributed by atoms with Crippen LogP contribution in [0.2, 0.25) is 0 Å². The van der Waals surface area contributed by atoms with E-state index in [9.17, 15) is 4.79 Å². The zero-order chi connectivity index (χ0) is 20.4. The van der Waals surface area contributed by atoms with E-state index >= 15 is 0 Å². The molecule has 0 saturated heterocycles. The molecule has 3 aromatic carbocycles. The summed E-state index contributed by atoms with van der Waals surface area (Å²) in [7, 11) is 0. The van der Waals surface area contributed by atoms with Gasteiger partial charge in [0.2, 0.25) is 5.78 Å². The largest absolute Gasteiger partial charge is 0.488 e. The topological polar surface area (TPSA) is 35.5 Å². The normalized spacial score (nSPS) is 14.0. The van der Waals surface area contributed by atoms with Gasteiger partial charge in [-0.3, -0.25) is 4.79 Å². The van der Waals surface area contributed by atoms with Crippen molar-refractivity contribution in [1.82, 2.24) is 0 Å². The van der Waals surface area contributed by atoms with Gasteiger partial charge < -0.3 is 9.47 Å². The van der Waals surface area contributed by atoms with E-state index in [1.165, 1.54) is 11.1 Å². The van der Waals surface area contributed by atoms with Crippen LogP contribution in [0.5, 0.6) is 11.5 Å². The molecule has 0 radical (unpaired) electrons. The van der Waals surface area contributed by atoms with Gasteiger partial charge >= 0.3 is 0 Å². The number of ether oxygens (including phenoxy) is 2. The Morgan fingerprint density at radius 3 is 2.28 bits per heavy atom. The number of Topliss-reactive ketones (excluding diaryl/α,β-unsaturated/α-hetero) is 1. The predicted molar refractivity (Wildman–Crippen MR) is 115 cm³/mol. The Morgan fingerprint density at radius 2 is 1.59 bits per heavy atom. The van der Waals surface area contributed by atoms with E-state index < -0.39 is 0 Å². The minimum absolute atomic E-state index is 0.0900. The first-order chi connectivity index (χ1) is 14.0. The highest BCUT2D eigenvalue weighted by molar-refractivity contribution is 6.14. The molecular formula is C26H24O3. The Labute approximate surface area is 171 Å². The number of rotatable bonds is 5. The summed E-state index contributed by atoms with van der Waals surface area (Å²) >= 11 is 0. The summed E-state index contributed by atoms with van der Waals surface area (Å²) in [6.45, 7) is 6.58. The molecule has 146 valence electrons. The van der Waals surface area contributed by atoms with E-state index in [1.807, 2.05) is 25.1 Å². The Balaban J connectivity index is 1.54. The lowest BCUT2D eigenvalue weighted by Gasteiger charge is -2.11. The lowest BCUT2D eigenvalue weighted by Crippen LogP contribution is -1.98. The molecule has 0 N–H and O–H groups in total. The number of hydrogen-bond donors (Lipinski definition) is 0. The monoisotopic (exact) mass is 384 g/mol. The molecule has 1 aliphatic rings.